The maximum absolute atomic E-state index is 12.8. The molecule has 0 radical (unpaired) electrons. The standard InChI is InChI=1S/C24H31N3O3/c1-18-10-11-21(16-22(18)30-4)24(29)27-14-12-26(13-15-27)17-23(28)25(3)19(2)20-8-6-5-7-9-20/h5-11,16,19H,12-15,17H2,1-4H3. The topological polar surface area (TPSA) is 53.1 Å². The summed E-state index contributed by atoms with van der Waals surface area (Å²) in [6.45, 7) is 6.97. The average Bonchev–Trinajstić information content (AvgIpc) is 2.79. The predicted octanol–water partition coefficient (Wildman–Crippen LogP) is 2.98. The van der Waals surface area contributed by atoms with E-state index >= 15 is 0 Å². The molecule has 30 heavy (non-hydrogen) atoms. The van der Waals surface area contributed by atoms with Crippen molar-refractivity contribution in [1.29, 1.82) is 0 Å². The third-order valence-electron chi connectivity index (χ3n) is 5.93. The molecule has 0 saturated carbocycles. The van der Waals surface area contributed by atoms with Gasteiger partial charge in [-0.2, -0.15) is 0 Å². The highest BCUT2D eigenvalue weighted by Crippen LogP contribution is 2.21. The van der Waals surface area contributed by atoms with Crippen LogP contribution < -0.4 is 4.74 Å². The van der Waals surface area contributed by atoms with Gasteiger partial charge in [-0.05, 0) is 37.1 Å². The summed E-state index contributed by atoms with van der Waals surface area (Å²) < 4.78 is 5.34. The summed E-state index contributed by atoms with van der Waals surface area (Å²) in [7, 11) is 3.46. The molecular weight excluding hydrogens is 378 g/mol. The molecule has 6 nitrogen and oxygen atoms in total. The average molecular weight is 410 g/mol. The quantitative estimate of drug-likeness (QED) is 0.736. The summed E-state index contributed by atoms with van der Waals surface area (Å²) in [6.07, 6.45) is 0. The molecule has 2 aromatic rings. The van der Waals surface area contributed by atoms with E-state index in [9.17, 15) is 9.59 Å². The molecule has 1 saturated heterocycles. The van der Waals surface area contributed by atoms with E-state index in [1.165, 1.54) is 0 Å². The van der Waals surface area contributed by atoms with Crippen LogP contribution in [0, 0.1) is 6.92 Å². The lowest BCUT2D eigenvalue weighted by atomic mass is 10.1. The van der Waals surface area contributed by atoms with Gasteiger partial charge in [0, 0.05) is 38.8 Å². The Balaban J connectivity index is 1.53. The van der Waals surface area contributed by atoms with E-state index in [1.807, 2.05) is 68.3 Å². The van der Waals surface area contributed by atoms with E-state index in [0.717, 1.165) is 16.9 Å². The number of carbonyl (C=O) groups is 2. The van der Waals surface area contributed by atoms with E-state index in [-0.39, 0.29) is 17.9 Å². The Hall–Kier alpha value is -2.86. The molecule has 0 aromatic heterocycles. The summed E-state index contributed by atoms with van der Waals surface area (Å²) in [5, 5.41) is 0. The Kier molecular flexibility index (Phi) is 7.11. The van der Waals surface area contributed by atoms with Crippen molar-refractivity contribution in [3.63, 3.8) is 0 Å². The fourth-order valence-electron chi connectivity index (χ4n) is 3.72. The van der Waals surface area contributed by atoms with Gasteiger partial charge in [0.2, 0.25) is 5.91 Å². The Morgan fingerprint density at radius 2 is 1.73 bits per heavy atom. The lowest BCUT2D eigenvalue weighted by Crippen LogP contribution is -2.51. The number of carbonyl (C=O) groups excluding carboxylic acids is 2. The maximum atomic E-state index is 12.8. The number of likely N-dealkylation sites (N-methyl/N-ethyl adjacent to an activating group) is 1. The highest BCUT2D eigenvalue weighted by atomic mass is 16.5. The van der Waals surface area contributed by atoms with Gasteiger partial charge in [-0.3, -0.25) is 14.5 Å². The van der Waals surface area contributed by atoms with Gasteiger partial charge >= 0.3 is 0 Å². The molecule has 160 valence electrons. The van der Waals surface area contributed by atoms with Crippen LogP contribution in [0.1, 0.15) is 34.5 Å². The predicted molar refractivity (Wildman–Crippen MR) is 118 cm³/mol. The number of nitrogens with zero attached hydrogens (tertiary/aromatic N) is 3. The van der Waals surface area contributed by atoms with Gasteiger partial charge in [-0.1, -0.05) is 36.4 Å². The lowest BCUT2D eigenvalue weighted by molar-refractivity contribution is -0.133. The van der Waals surface area contributed by atoms with E-state index in [0.29, 0.717) is 38.3 Å². The van der Waals surface area contributed by atoms with Crippen molar-refractivity contribution in [3.05, 3.63) is 65.2 Å². The van der Waals surface area contributed by atoms with Crippen molar-refractivity contribution in [2.24, 2.45) is 0 Å². The second-order valence-electron chi connectivity index (χ2n) is 7.84. The second-order valence-corrected chi connectivity index (χ2v) is 7.84. The van der Waals surface area contributed by atoms with Crippen LogP contribution in [0.25, 0.3) is 0 Å². The zero-order valence-electron chi connectivity index (χ0n) is 18.3. The Bertz CT molecular complexity index is 877. The molecule has 1 aliphatic rings. The van der Waals surface area contributed by atoms with E-state index in [1.54, 1.807) is 18.1 Å². The minimum absolute atomic E-state index is 0.00842. The molecule has 0 N–H and O–H groups in total. The highest BCUT2D eigenvalue weighted by molar-refractivity contribution is 5.94. The van der Waals surface area contributed by atoms with Gasteiger partial charge < -0.3 is 14.5 Å². The summed E-state index contributed by atoms with van der Waals surface area (Å²) in [4.78, 5) is 31.4. The first kappa shape index (κ1) is 21.8. The molecule has 0 bridgehead atoms. The highest BCUT2D eigenvalue weighted by Gasteiger charge is 2.25. The Labute approximate surface area is 179 Å². The van der Waals surface area contributed by atoms with Gasteiger partial charge in [0.15, 0.2) is 0 Å². The number of rotatable bonds is 6. The number of amides is 2. The minimum atomic E-state index is 0.00842. The fourth-order valence-corrected chi connectivity index (χ4v) is 3.72. The molecule has 0 aliphatic carbocycles. The van der Waals surface area contributed by atoms with Crippen LogP contribution in [0.2, 0.25) is 0 Å². The molecular formula is C24H31N3O3. The third-order valence-corrected chi connectivity index (χ3v) is 5.93. The monoisotopic (exact) mass is 409 g/mol. The first-order chi connectivity index (χ1) is 14.4. The third kappa shape index (κ3) is 5.00. The number of ether oxygens (including phenoxy) is 1. The molecule has 2 amide bonds. The van der Waals surface area contributed by atoms with Crippen LogP contribution in [0.3, 0.4) is 0 Å². The van der Waals surface area contributed by atoms with Crippen LogP contribution in [0.4, 0.5) is 0 Å². The van der Waals surface area contributed by atoms with Gasteiger partial charge in [0.1, 0.15) is 5.75 Å². The van der Waals surface area contributed by atoms with Crippen molar-refractivity contribution in [1.82, 2.24) is 14.7 Å². The molecule has 1 atom stereocenters. The zero-order valence-corrected chi connectivity index (χ0v) is 18.3. The molecule has 0 spiro atoms. The number of benzene rings is 2. The van der Waals surface area contributed by atoms with Crippen molar-refractivity contribution < 1.29 is 14.3 Å². The number of aryl methyl sites for hydroxylation is 1. The number of hydrogen-bond acceptors (Lipinski definition) is 4. The minimum Gasteiger partial charge on any atom is -0.496 e. The van der Waals surface area contributed by atoms with Crippen LogP contribution in [-0.4, -0.2) is 73.4 Å². The van der Waals surface area contributed by atoms with Crippen LogP contribution in [0.5, 0.6) is 5.75 Å². The van der Waals surface area contributed by atoms with Gasteiger partial charge in [0.25, 0.3) is 5.91 Å². The molecule has 1 aliphatic heterocycles. The summed E-state index contributed by atoms with van der Waals surface area (Å²) in [5.74, 6) is 0.823. The van der Waals surface area contributed by atoms with Crippen molar-refractivity contribution in [2.45, 2.75) is 19.9 Å². The normalized spacial score (nSPS) is 15.5. The first-order valence-electron chi connectivity index (χ1n) is 10.4. The summed E-state index contributed by atoms with van der Waals surface area (Å²) in [6, 6.07) is 15.6. The number of methoxy groups -OCH3 is 1. The molecule has 6 heteroatoms. The summed E-state index contributed by atoms with van der Waals surface area (Å²) >= 11 is 0. The fraction of sp³-hybridized carbons (Fsp3) is 0.417. The Morgan fingerprint density at radius 1 is 1.07 bits per heavy atom. The van der Waals surface area contributed by atoms with Crippen molar-refractivity contribution >= 4 is 11.8 Å². The molecule has 1 fully saturated rings. The van der Waals surface area contributed by atoms with E-state index in [2.05, 4.69) is 4.90 Å². The van der Waals surface area contributed by atoms with Gasteiger partial charge in [0.05, 0.1) is 19.7 Å². The molecule has 3 rings (SSSR count). The van der Waals surface area contributed by atoms with Gasteiger partial charge in [-0.15, -0.1) is 0 Å². The second kappa shape index (κ2) is 9.76. The number of piperazine rings is 1. The maximum Gasteiger partial charge on any atom is 0.254 e. The van der Waals surface area contributed by atoms with E-state index in [4.69, 9.17) is 4.74 Å². The smallest absolute Gasteiger partial charge is 0.254 e. The zero-order chi connectivity index (χ0) is 21.7. The van der Waals surface area contributed by atoms with Crippen LogP contribution >= 0.6 is 0 Å². The first-order valence-corrected chi connectivity index (χ1v) is 10.4. The number of hydrogen-bond donors (Lipinski definition) is 0. The van der Waals surface area contributed by atoms with Crippen LogP contribution in [-0.2, 0) is 4.79 Å². The summed E-state index contributed by atoms with van der Waals surface area (Å²) in [5.41, 5.74) is 2.77. The van der Waals surface area contributed by atoms with Crippen molar-refractivity contribution in [2.75, 3.05) is 46.9 Å². The van der Waals surface area contributed by atoms with E-state index < -0.39 is 0 Å². The molecule has 2 aromatic carbocycles. The Morgan fingerprint density at radius 3 is 2.37 bits per heavy atom. The molecule has 1 heterocycles. The van der Waals surface area contributed by atoms with Gasteiger partial charge in [-0.25, -0.2) is 0 Å². The largest absolute Gasteiger partial charge is 0.496 e. The van der Waals surface area contributed by atoms with Crippen LogP contribution in [0.15, 0.2) is 48.5 Å². The molecule has 1 unspecified atom stereocenters. The lowest BCUT2D eigenvalue weighted by Gasteiger charge is -2.36. The van der Waals surface area contributed by atoms with Crippen molar-refractivity contribution in [3.8, 4) is 5.75 Å². The SMILES string of the molecule is COc1cc(C(=O)N2CCN(CC(=O)N(C)C(C)c3ccccc3)CC2)ccc1C.